The molecule has 0 heterocycles. The van der Waals surface area contributed by atoms with Crippen LogP contribution < -0.4 is 0 Å². The zero-order chi connectivity index (χ0) is 13.7. The van der Waals surface area contributed by atoms with Gasteiger partial charge in [-0.05, 0) is 24.5 Å². The van der Waals surface area contributed by atoms with Gasteiger partial charge in [-0.1, -0.05) is 29.8 Å². The Morgan fingerprint density at radius 1 is 1.42 bits per heavy atom. The molecule has 0 bridgehead atoms. The molecule has 1 aliphatic carbocycles. The first-order valence-electron chi connectivity index (χ1n) is 6.44. The molecule has 4 nitrogen and oxygen atoms in total. The standard InChI is InChI=1S/C14H18ClNO3/c15-13-4-2-1-3-11(13)9-19-10-14(18)16(7-8-17)12-5-6-12/h1-4,12,17H,5-10H2. The van der Waals surface area contributed by atoms with Crippen LogP contribution in [0.2, 0.25) is 5.02 Å². The van der Waals surface area contributed by atoms with Crippen LogP contribution in [0, 0.1) is 0 Å². The summed E-state index contributed by atoms with van der Waals surface area (Å²) >= 11 is 6.00. The van der Waals surface area contributed by atoms with Crippen molar-refractivity contribution in [2.45, 2.75) is 25.5 Å². The lowest BCUT2D eigenvalue weighted by Crippen LogP contribution is -2.37. The van der Waals surface area contributed by atoms with Gasteiger partial charge in [-0.3, -0.25) is 4.79 Å². The smallest absolute Gasteiger partial charge is 0.248 e. The van der Waals surface area contributed by atoms with Crippen LogP contribution in [0.5, 0.6) is 0 Å². The van der Waals surface area contributed by atoms with Gasteiger partial charge in [-0.2, -0.15) is 0 Å². The van der Waals surface area contributed by atoms with Crippen LogP contribution in [0.3, 0.4) is 0 Å². The molecule has 1 aliphatic rings. The fraction of sp³-hybridized carbons (Fsp3) is 0.500. The third-order valence-corrected chi connectivity index (χ3v) is 3.46. The van der Waals surface area contributed by atoms with Crippen molar-refractivity contribution >= 4 is 17.5 Å². The highest BCUT2D eigenvalue weighted by Crippen LogP contribution is 2.26. The largest absolute Gasteiger partial charge is 0.395 e. The number of aliphatic hydroxyl groups excluding tert-OH is 1. The molecule has 0 atom stereocenters. The number of aliphatic hydroxyl groups is 1. The average molecular weight is 284 g/mol. The van der Waals surface area contributed by atoms with Crippen LogP contribution in [0.4, 0.5) is 0 Å². The number of carbonyl (C=O) groups excluding carboxylic acids is 1. The minimum atomic E-state index is -0.0661. The Kier molecular flexibility index (Phi) is 5.19. The fourth-order valence-corrected chi connectivity index (χ4v) is 2.14. The summed E-state index contributed by atoms with van der Waals surface area (Å²) in [5, 5.41) is 9.59. The van der Waals surface area contributed by atoms with Gasteiger partial charge in [0.05, 0.1) is 13.2 Å². The number of amides is 1. The molecule has 5 heteroatoms. The van der Waals surface area contributed by atoms with E-state index in [9.17, 15) is 4.79 Å². The van der Waals surface area contributed by atoms with Crippen LogP contribution in [-0.2, 0) is 16.1 Å². The average Bonchev–Trinajstić information content (AvgIpc) is 3.22. The third-order valence-electron chi connectivity index (χ3n) is 3.09. The molecule has 1 saturated carbocycles. The van der Waals surface area contributed by atoms with Crippen molar-refractivity contribution in [3.63, 3.8) is 0 Å². The Bertz CT molecular complexity index is 434. The summed E-state index contributed by atoms with van der Waals surface area (Å²) in [5.74, 6) is -0.0661. The molecule has 19 heavy (non-hydrogen) atoms. The lowest BCUT2D eigenvalue weighted by molar-refractivity contribution is -0.137. The molecule has 1 aromatic rings. The Hall–Kier alpha value is -1.10. The van der Waals surface area contributed by atoms with Gasteiger partial charge in [-0.15, -0.1) is 0 Å². The maximum atomic E-state index is 11.9. The van der Waals surface area contributed by atoms with Gasteiger partial charge >= 0.3 is 0 Å². The first-order chi connectivity index (χ1) is 9.22. The number of benzene rings is 1. The molecular weight excluding hydrogens is 266 g/mol. The van der Waals surface area contributed by atoms with E-state index in [0.717, 1.165) is 18.4 Å². The Morgan fingerprint density at radius 2 is 2.16 bits per heavy atom. The number of halogens is 1. The van der Waals surface area contributed by atoms with E-state index in [1.807, 2.05) is 18.2 Å². The zero-order valence-corrected chi connectivity index (χ0v) is 11.5. The second-order valence-electron chi connectivity index (χ2n) is 4.63. The Morgan fingerprint density at radius 3 is 2.79 bits per heavy atom. The Labute approximate surface area is 117 Å². The lowest BCUT2D eigenvalue weighted by Gasteiger charge is -2.21. The van der Waals surface area contributed by atoms with Crippen LogP contribution in [0.1, 0.15) is 18.4 Å². The van der Waals surface area contributed by atoms with Crippen molar-refractivity contribution in [2.75, 3.05) is 19.8 Å². The van der Waals surface area contributed by atoms with Gasteiger partial charge in [0.25, 0.3) is 0 Å². The Balaban J connectivity index is 1.78. The van der Waals surface area contributed by atoms with Gasteiger partial charge < -0.3 is 14.7 Å². The molecule has 0 aromatic heterocycles. The quantitative estimate of drug-likeness (QED) is 0.831. The highest BCUT2D eigenvalue weighted by atomic mass is 35.5. The molecule has 0 saturated heterocycles. The minimum Gasteiger partial charge on any atom is -0.395 e. The van der Waals surface area contributed by atoms with E-state index < -0.39 is 0 Å². The van der Waals surface area contributed by atoms with Gasteiger partial charge in [0.2, 0.25) is 5.91 Å². The summed E-state index contributed by atoms with van der Waals surface area (Å²) in [6, 6.07) is 7.70. The first kappa shape index (κ1) is 14.3. The SMILES string of the molecule is O=C(COCc1ccccc1Cl)N(CCO)C1CC1. The molecule has 1 N–H and O–H groups in total. The molecule has 104 valence electrons. The lowest BCUT2D eigenvalue weighted by atomic mass is 10.2. The van der Waals surface area contributed by atoms with Crippen LogP contribution in [0.25, 0.3) is 0 Å². The molecule has 1 amide bonds. The van der Waals surface area contributed by atoms with Crippen molar-refractivity contribution in [1.29, 1.82) is 0 Å². The maximum Gasteiger partial charge on any atom is 0.248 e. The number of hydrogen-bond donors (Lipinski definition) is 1. The van der Waals surface area contributed by atoms with Crippen molar-refractivity contribution in [3.05, 3.63) is 34.9 Å². The number of carbonyl (C=O) groups is 1. The summed E-state index contributed by atoms with van der Waals surface area (Å²) < 4.78 is 5.41. The summed E-state index contributed by atoms with van der Waals surface area (Å²) in [6.45, 7) is 0.733. The first-order valence-corrected chi connectivity index (χ1v) is 6.81. The second kappa shape index (κ2) is 6.89. The number of ether oxygens (including phenoxy) is 1. The van der Waals surface area contributed by atoms with Crippen LogP contribution in [0.15, 0.2) is 24.3 Å². The van der Waals surface area contributed by atoms with E-state index in [2.05, 4.69) is 0 Å². The van der Waals surface area contributed by atoms with E-state index in [4.69, 9.17) is 21.4 Å². The maximum absolute atomic E-state index is 11.9. The van der Waals surface area contributed by atoms with Crippen molar-refractivity contribution < 1.29 is 14.6 Å². The van der Waals surface area contributed by atoms with Gasteiger partial charge in [0.1, 0.15) is 6.61 Å². The minimum absolute atomic E-state index is 0.00719. The summed E-state index contributed by atoms with van der Waals surface area (Å²) in [4.78, 5) is 13.6. The van der Waals surface area contributed by atoms with Crippen LogP contribution in [-0.4, -0.2) is 41.7 Å². The molecule has 1 aromatic carbocycles. The number of hydrogen-bond acceptors (Lipinski definition) is 3. The molecule has 1 fully saturated rings. The van der Waals surface area contributed by atoms with Gasteiger partial charge in [-0.25, -0.2) is 0 Å². The highest BCUT2D eigenvalue weighted by molar-refractivity contribution is 6.31. The third kappa shape index (κ3) is 4.20. The van der Waals surface area contributed by atoms with E-state index in [1.54, 1.807) is 11.0 Å². The van der Waals surface area contributed by atoms with E-state index in [0.29, 0.717) is 24.2 Å². The van der Waals surface area contributed by atoms with Gasteiger partial charge in [0.15, 0.2) is 0 Å². The normalized spacial score (nSPS) is 14.4. The van der Waals surface area contributed by atoms with Crippen molar-refractivity contribution in [2.24, 2.45) is 0 Å². The van der Waals surface area contributed by atoms with Crippen molar-refractivity contribution in [3.8, 4) is 0 Å². The van der Waals surface area contributed by atoms with E-state index in [-0.39, 0.29) is 19.1 Å². The number of rotatable bonds is 7. The molecule has 2 rings (SSSR count). The molecule has 0 spiro atoms. The highest BCUT2D eigenvalue weighted by Gasteiger charge is 2.31. The fourth-order valence-electron chi connectivity index (χ4n) is 1.95. The second-order valence-corrected chi connectivity index (χ2v) is 5.03. The molecule has 0 unspecified atom stereocenters. The van der Waals surface area contributed by atoms with E-state index >= 15 is 0 Å². The summed E-state index contributed by atoms with van der Waals surface area (Å²) in [5.41, 5.74) is 0.872. The molecule has 0 radical (unpaired) electrons. The predicted octanol–water partition coefficient (Wildman–Crippen LogP) is 1.84. The van der Waals surface area contributed by atoms with E-state index in [1.165, 1.54) is 0 Å². The van der Waals surface area contributed by atoms with Crippen LogP contribution >= 0.6 is 11.6 Å². The molecule has 0 aliphatic heterocycles. The summed E-state index contributed by atoms with van der Waals surface area (Å²) in [7, 11) is 0. The monoisotopic (exact) mass is 283 g/mol. The zero-order valence-electron chi connectivity index (χ0n) is 10.7. The van der Waals surface area contributed by atoms with Gasteiger partial charge in [0, 0.05) is 17.6 Å². The predicted molar refractivity (Wildman–Crippen MR) is 72.9 cm³/mol. The van der Waals surface area contributed by atoms with Crippen molar-refractivity contribution in [1.82, 2.24) is 4.90 Å². The topological polar surface area (TPSA) is 49.8 Å². The number of nitrogens with zero attached hydrogens (tertiary/aromatic N) is 1. The summed E-state index contributed by atoms with van der Waals surface area (Å²) in [6.07, 6.45) is 2.05. The molecular formula is C14H18ClNO3.